The predicted octanol–water partition coefficient (Wildman–Crippen LogP) is 3.16. The third-order valence-electron chi connectivity index (χ3n) is 2.88. The number of nitrogens with zero attached hydrogens (tertiary/aromatic N) is 1. The zero-order chi connectivity index (χ0) is 13.5. The van der Waals surface area contributed by atoms with Crippen LogP contribution < -0.4 is 5.32 Å². The Hall–Kier alpha value is -0.930. The molecule has 0 saturated carbocycles. The Bertz CT molecular complexity index is 364. The van der Waals surface area contributed by atoms with Crippen molar-refractivity contribution in [1.29, 1.82) is 0 Å². The van der Waals surface area contributed by atoms with Crippen LogP contribution in [0.15, 0.2) is 12.1 Å². The molecule has 0 fully saturated rings. The summed E-state index contributed by atoms with van der Waals surface area (Å²) >= 11 is 0. The molecule has 3 heteroatoms. The molecular weight excluding hydrogens is 224 g/mol. The van der Waals surface area contributed by atoms with Gasteiger partial charge in [0.15, 0.2) is 0 Å². The van der Waals surface area contributed by atoms with Gasteiger partial charge in [0, 0.05) is 11.4 Å². The quantitative estimate of drug-likeness (QED) is 0.807. The highest BCUT2D eigenvalue weighted by molar-refractivity contribution is 5.25. The van der Waals surface area contributed by atoms with Crippen LogP contribution in [0.4, 0.5) is 0 Å². The minimum absolute atomic E-state index is 0.237. The molecule has 18 heavy (non-hydrogen) atoms. The maximum atomic E-state index is 5.75. The van der Waals surface area contributed by atoms with E-state index < -0.39 is 0 Å². The van der Waals surface area contributed by atoms with Crippen LogP contribution in [0.2, 0.25) is 0 Å². The molecule has 1 atom stereocenters. The van der Waals surface area contributed by atoms with Gasteiger partial charge in [-0.2, -0.15) is 0 Å². The van der Waals surface area contributed by atoms with Crippen molar-refractivity contribution in [3.63, 3.8) is 0 Å². The molecule has 1 rings (SSSR count). The van der Waals surface area contributed by atoms with Crippen LogP contribution in [0.25, 0.3) is 0 Å². The highest BCUT2D eigenvalue weighted by atomic mass is 16.5. The molecule has 1 unspecified atom stereocenters. The molecule has 0 aliphatic carbocycles. The molecule has 0 aliphatic rings. The van der Waals surface area contributed by atoms with Crippen LogP contribution in [0.5, 0.6) is 0 Å². The van der Waals surface area contributed by atoms with Gasteiger partial charge in [0.1, 0.15) is 0 Å². The van der Waals surface area contributed by atoms with Crippen LogP contribution in [0.1, 0.15) is 50.2 Å². The first-order valence-corrected chi connectivity index (χ1v) is 6.83. The topological polar surface area (TPSA) is 34.1 Å². The molecule has 0 amide bonds. The second kappa shape index (κ2) is 7.49. The van der Waals surface area contributed by atoms with Crippen molar-refractivity contribution in [2.75, 3.05) is 13.2 Å². The minimum atomic E-state index is 0.237. The summed E-state index contributed by atoms with van der Waals surface area (Å²) in [6.07, 6.45) is 1.38. The van der Waals surface area contributed by atoms with E-state index in [1.807, 2.05) is 6.92 Å². The van der Waals surface area contributed by atoms with Crippen molar-refractivity contribution in [2.24, 2.45) is 0 Å². The Morgan fingerprint density at radius 3 is 2.56 bits per heavy atom. The molecule has 1 heterocycles. The lowest BCUT2D eigenvalue weighted by molar-refractivity contribution is 0.0609. The summed E-state index contributed by atoms with van der Waals surface area (Å²) in [6.45, 7) is 12.1. The van der Waals surface area contributed by atoms with E-state index in [4.69, 9.17) is 4.74 Å². The maximum absolute atomic E-state index is 5.75. The fourth-order valence-corrected chi connectivity index (χ4v) is 1.93. The van der Waals surface area contributed by atoms with E-state index in [1.54, 1.807) is 0 Å². The summed E-state index contributed by atoms with van der Waals surface area (Å²) in [5.74, 6) is 0. The molecule has 1 aromatic heterocycles. The Balaban J connectivity index is 2.79. The number of aryl methyl sites for hydroxylation is 2. The average molecular weight is 250 g/mol. The Morgan fingerprint density at radius 2 is 2.00 bits per heavy atom. The smallest absolute Gasteiger partial charge is 0.0665 e. The third-order valence-corrected chi connectivity index (χ3v) is 2.88. The molecule has 0 radical (unpaired) electrons. The fraction of sp³-hybridized carbons (Fsp3) is 0.667. The number of nitrogens with one attached hydrogen (secondary N) is 1. The first-order valence-electron chi connectivity index (χ1n) is 6.83. The number of aromatic nitrogens is 1. The highest BCUT2D eigenvalue weighted by Gasteiger charge is 2.14. The SMILES string of the molecule is CCCNC(COC(C)C)c1ccc(C)nc1C. The molecule has 0 aliphatic heterocycles. The van der Waals surface area contributed by atoms with Gasteiger partial charge in [0.2, 0.25) is 0 Å². The molecule has 1 N–H and O–H groups in total. The fourth-order valence-electron chi connectivity index (χ4n) is 1.93. The zero-order valence-corrected chi connectivity index (χ0v) is 12.3. The molecule has 3 nitrogen and oxygen atoms in total. The summed E-state index contributed by atoms with van der Waals surface area (Å²) < 4.78 is 5.75. The van der Waals surface area contributed by atoms with Crippen molar-refractivity contribution in [2.45, 2.75) is 53.2 Å². The minimum Gasteiger partial charge on any atom is -0.377 e. The van der Waals surface area contributed by atoms with Gasteiger partial charge in [-0.3, -0.25) is 4.98 Å². The zero-order valence-electron chi connectivity index (χ0n) is 12.3. The summed E-state index contributed by atoms with van der Waals surface area (Å²) in [5.41, 5.74) is 3.40. The number of ether oxygens (including phenoxy) is 1. The van der Waals surface area contributed by atoms with E-state index >= 15 is 0 Å². The summed E-state index contributed by atoms with van der Waals surface area (Å²) in [4.78, 5) is 4.53. The maximum Gasteiger partial charge on any atom is 0.0665 e. The van der Waals surface area contributed by atoms with Crippen molar-refractivity contribution >= 4 is 0 Å². The summed E-state index contributed by atoms with van der Waals surface area (Å²) in [6, 6.07) is 4.47. The molecular formula is C15H26N2O. The molecule has 0 saturated heterocycles. The van der Waals surface area contributed by atoms with Crippen LogP contribution in [-0.4, -0.2) is 24.2 Å². The molecule has 0 aromatic carbocycles. The van der Waals surface area contributed by atoms with E-state index in [1.165, 1.54) is 5.56 Å². The Kier molecular flexibility index (Phi) is 6.30. The van der Waals surface area contributed by atoms with Crippen LogP contribution in [-0.2, 0) is 4.74 Å². The lowest BCUT2D eigenvalue weighted by Crippen LogP contribution is -2.28. The van der Waals surface area contributed by atoms with Crippen LogP contribution in [0.3, 0.4) is 0 Å². The van der Waals surface area contributed by atoms with Crippen LogP contribution >= 0.6 is 0 Å². The number of hydrogen-bond acceptors (Lipinski definition) is 3. The van der Waals surface area contributed by atoms with E-state index in [0.29, 0.717) is 6.61 Å². The highest BCUT2D eigenvalue weighted by Crippen LogP contribution is 2.17. The van der Waals surface area contributed by atoms with Gasteiger partial charge in [-0.1, -0.05) is 13.0 Å². The lowest BCUT2D eigenvalue weighted by atomic mass is 10.1. The van der Waals surface area contributed by atoms with E-state index in [2.05, 4.69) is 50.1 Å². The summed E-state index contributed by atoms with van der Waals surface area (Å²) in [5, 5.41) is 3.54. The first-order chi connectivity index (χ1) is 8.54. The van der Waals surface area contributed by atoms with Gasteiger partial charge in [-0.25, -0.2) is 0 Å². The predicted molar refractivity (Wildman–Crippen MR) is 75.8 cm³/mol. The van der Waals surface area contributed by atoms with Gasteiger partial charge >= 0.3 is 0 Å². The largest absolute Gasteiger partial charge is 0.377 e. The monoisotopic (exact) mass is 250 g/mol. The van der Waals surface area contributed by atoms with Crippen molar-refractivity contribution in [3.8, 4) is 0 Å². The number of pyridine rings is 1. The number of rotatable bonds is 7. The standard InChI is InChI=1S/C15H26N2O/c1-6-9-16-15(10-18-11(2)3)14-8-7-12(4)17-13(14)5/h7-8,11,15-16H,6,9-10H2,1-5H3. The van der Waals surface area contributed by atoms with Crippen molar-refractivity contribution in [3.05, 3.63) is 29.1 Å². The van der Waals surface area contributed by atoms with Crippen molar-refractivity contribution < 1.29 is 4.74 Å². The molecule has 0 spiro atoms. The normalized spacial score (nSPS) is 13.0. The lowest BCUT2D eigenvalue weighted by Gasteiger charge is -2.22. The average Bonchev–Trinajstić information content (AvgIpc) is 2.30. The van der Waals surface area contributed by atoms with Gasteiger partial charge in [-0.05, 0) is 52.3 Å². The third kappa shape index (κ3) is 4.75. The van der Waals surface area contributed by atoms with Gasteiger partial charge in [-0.15, -0.1) is 0 Å². The molecule has 1 aromatic rings. The van der Waals surface area contributed by atoms with E-state index in [9.17, 15) is 0 Å². The first kappa shape index (κ1) is 15.1. The van der Waals surface area contributed by atoms with Gasteiger partial charge in [0.25, 0.3) is 0 Å². The van der Waals surface area contributed by atoms with Crippen LogP contribution in [0, 0.1) is 13.8 Å². The Morgan fingerprint density at radius 1 is 1.28 bits per heavy atom. The van der Waals surface area contributed by atoms with E-state index in [-0.39, 0.29) is 12.1 Å². The van der Waals surface area contributed by atoms with Crippen molar-refractivity contribution in [1.82, 2.24) is 10.3 Å². The second-order valence-corrected chi connectivity index (χ2v) is 5.02. The van der Waals surface area contributed by atoms with Gasteiger partial charge in [0.05, 0.1) is 18.8 Å². The molecule has 102 valence electrons. The van der Waals surface area contributed by atoms with E-state index in [0.717, 1.165) is 24.4 Å². The summed E-state index contributed by atoms with van der Waals surface area (Å²) in [7, 11) is 0. The number of hydrogen-bond donors (Lipinski definition) is 1. The Labute approximate surface area is 111 Å². The second-order valence-electron chi connectivity index (χ2n) is 5.02. The molecule has 0 bridgehead atoms. The van der Waals surface area contributed by atoms with Gasteiger partial charge < -0.3 is 10.1 Å².